The Morgan fingerprint density at radius 3 is 2.04 bits per heavy atom. The van der Waals surface area contributed by atoms with E-state index in [9.17, 15) is 9.90 Å². The quantitative estimate of drug-likeness (QED) is 0.534. The SMILES string of the molecule is CC[N+]1(C)CCC(OC(=O)C(O)(c2ccccc2)c2ccccc2)C1.[Br-]. The number of carbonyl (C=O) groups is 1. The van der Waals surface area contributed by atoms with Crippen molar-refractivity contribution in [3.05, 3.63) is 71.8 Å². The highest BCUT2D eigenvalue weighted by molar-refractivity contribution is 5.85. The van der Waals surface area contributed by atoms with E-state index in [0.717, 1.165) is 30.5 Å². The summed E-state index contributed by atoms with van der Waals surface area (Å²) in [5.41, 5.74) is -0.741. The molecule has 1 heterocycles. The second-order valence-electron chi connectivity index (χ2n) is 7.10. The number of esters is 1. The van der Waals surface area contributed by atoms with Crippen LogP contribution in [0.15, 0.2) is 60.7 Å². The molecule has 0 aromatic heterocycles. The van der Waals surface area contributed by atoms with Gasteiger partial charge in [0.15, 0.2) is 6.10 Å². The highest BCUT2D eigenvalue weighted by Crippen LogP contribution is 2.32. The summed E-state index contributed by atoms with van der Waals surface area (Å²) in [5.74, 6) is -0.598. The lowest BCUT2D eigenvalue weighted by molar-refractivity contribution is -0.897. The normalized spacial score (nSPS) is 22.5. The maximum absolute atomic E-state index is 13.0. The number of quaternary nitrogens is 1. The molecule has 0 amide bonds. The molecule has 140 valence electrons. The van der Waals surface area contributed by atoms with E-state index in [1.165, 1.54) is 0 Å². The lowest BCUT2D eigenvalue weighted by Gasteiger charge is -2.30. The number of halogens is 1. The van der Waals surface area contributed by atoms with Gasteiger partial charge in [-0.1, -0.05) is 60.7 Å². The molecule has 4 nitrogen and oxygen atoms in total. The Hall–Kier alpha value is -1.69. The van der Waals surface area contributed by atoms with E-state index in [1.54, 1.807) is 24.3 Å². The van der Waals surface area contributed by atoms with Crippen molar-refractivity contribution in [2.45, 2.75) is 25.0 Å². The molecule has 0 saturated carbocycles. The summed E-state index contributed by atoms with van der Waals surface area (Å²) in [6.45, 7) is 4.94. The Morgan fingerprint density at radius 2 is 1.62 bits per heavy atom. The van der Waals surface area contributed by atoms with Gasteiger partial charge in [0, 0.05) is 6.42 Å². The first-order chi connectivity index (χ1) is 12.0. The van der Waals surface area contributed by atoms with Crippen LogP contribution in [0.1, 0.15) is 24.5 Å². The Bertz CT molecular complexity index is 683. The molecule has 2 unspecified atom stereocenters. The molecule has 26 heavy (non-hydrogen) atoms. The summed E-state index contributed by atoms with van der Waals surface area (Å²) < 4.78 is 6.67. The molecule has 1 saturated heterocycles. The number of hydrogen-bond acceptors (Lipinski definition) is 3. The summed E-state index contributed by atoms with van der Waals surface area (Å²) in [6.07, 6.45) is 0.673. The van der Waals surface area contributed by atoms with E-state index in [0.29, 0.717) is 11.1 Å². The molecule has 3 rings (SSSR count). The molecule has 1 fully saturated rings. The van der Waals surface area contributed by atoms with Crippen molar-refractivity contribution in [2.75, 3.05) is 26.7 Å². The Balaban J connectivity index is 0.00000243. The van der Waals surface area contributed by atoms with Crippen LogP contribution in [0.3, 0.4) is 0 Å². The van der Waals surface area contributed by atoms with Gasteiger partial charge in [-0.05, 0) is 18.1 Å². The van der Waals surface area contributed by atoms with Gasteiger partial charge >= 0.3 is 5.97 Å². The number of benzene rings is 2. The van der Waals surface area contributed by atoms with E-state index < -0.39 is 11.6 Å². The van der Waals surface area contributed by atoms with Gasteiger partial charge in [0.05, 0.1) is 20.1 Å². The van der Waals surface area contributed by atoms with Gasteiger partial charge in [0.25, 0.3) is 0 Å². The molecule has 5 heteroatoms. The smallest absolute Gasteiger partial charge is 0.348 e. The molecule has 1 N–H and O–H groups in total. The third-order valence-corrected chi connectivity index (χ3v) is 5.35. The monoisotopic (exact) mass is 419 g/mol. The number of likely N-dealkylation sites (N-methyl/N-ethyl adjacent to an activating group) is 1. The molecule has 1 aliphatic rings. The third-order valence-electron chi connectivity index (χ3n) is 5.35. The zero-order valence-corrected chi connectivity index (χ0v) is 16.9. The van der Waals surface area contributed by atoms with E-state index >= 15 is 0 Å². The highest BCUT2D eigenvalue weighted by Gasteiger charge is 2.45. The zero-order chi connectivity index (χ0) is 17.9. The van der Waals surface area contributed by atoms with Crippen molar-refractivity contribution in [1.82, 2.24) is 0 Å². The number of rotatable bonds is 5. The number of nitrogens with zero attached hydrogens (tertiary/aromatic N) is 1. The molecule has 0 spiro atoms. The number of aliphatic hydroxyl groups is 1. The van der Waals surface area contributed by atoms with Crippen LogP contribution >= 0.6 is 0 Å². The lowest BCUT2D eigenvalue weighted by Crippen LogP contribution is -3.00. The molecule has 0 radical (unpaired) electrons. The average Bonchev–Trinajstić information content (AvgIpc) is 3.04. The van der Waals surface area contributed by atoms with Crippen molar-refractivity contribution in [1.29, 1.82) is 0 Å². The fourth-order valence-electron chi connectivity index (χ4n) is 3.51. The van der Waals surface area contributed by atoms with Gasteiger partial charge < -0.3 is 31.3 Å². The first-order valence-electron chi connectivity index (χ1n) is 8.86. The van der Waals surface area contributed by atoms with Crippen molar-refractivity contribution in [2.24, 2.45) is 0 Å². The van der Waals surface area contributed by atoms with Crippen LogP contribution in [0.5, 0.6) is 0 Å². The second kappa shape index (κ2) is 8.33. The molecule has 2 atom stereocenters. The second-order valence-corrected chi connectivity index (χ2v) is 7.10. The molecule has 0 aliphatic carbocycles. The van der Waals surface area contributed by atoms with E-state index in [1.807, 2.05) is 36.4 Å². The topological polar surface area (TPSA) is 46.5 Å². The summed E-state index contributed by atoms with van der Waals surface area (Å²) >= 11 is 0. The summed E-state index contributed by atoms with van der Waals surface area (Å²) in [4.78, 5) is 13.0. The van der Waals surface area contributed by atoms with Crippen LogP contribution < -0.4 is 17.0 Å². The van der Waals surface area contributed by atoms with Crippen molar-refractivity contribution < 1.29 is 36.1 Å². The molecule has 0 bridgehead atoms. The number of hydrogen-bond donors (Lipinski definition) is 1. The predicted octanol–water partition coefficient (Wildman–Crippen LogP) is -0.291. The van der Waals surface area contributed by atoms with Crippen molar-refractivity contribution in [3.63, 3.8) is 0 Å². The highest BCUT2D eigenvalue weighted by atomic mass is 79.9. The lowest BCUT2D eigenvalue weighted by atomic mass is 9.86. The third kappa shape index (κ3) is 4.00. The van der Waals surface area contributed by atoms with Gasteiger partial charge in [0.1, 0.15) is 6.54 Å². The fraction of sp³-hybridized carbons (Fsp3) is 0.381. The maximum Gasteiger partial charge on any atom is 0.348 e. The van der Waals surface area contributed by atoms with Crippen molar-refractivity contribution >= 4 is 5.97 Å². The van der Waals surface area contributed by atoms with E-state index in [4.69, 9.17) is 4.74 Å². The predicted molar refractivity (Wildman–Crippen MR) is 96.8 cm³/mol. The minimum absolute atomic E-state index is 0. The molecule has 2 aromatic carbocycles. The summed E-state index contributed by atoms with van der Waals surface area (Å²) in [5, 5.41) is 11.4. The van der Waals surface area contributed by atoms with Crippen LogP contribution in [0.4, 0.5) is 0 Å². The van der Waals surface area contributed by atoms with Gasteiger partial charge in [-0.3, -0.25) is 0 Å². The molecule has 1 aliphatic heterocycles. The van der Waals surface area contributed by atoms with Gasteiger partial charge in [-0.15, -0.1) is 0 Å². The minimum atomic E-state index is -1.79. The first kappa shape index (κ1) is 20.6. The standard InChI is InChI=1S/C21H26NO3.BrH/c1-3-22(2)15-14-19(16-22)25-20(23)21(24,17-10-6-4-7-11-17)18-12-8-5-9-13-18;/h4-13,19,24H,3,14-16H2,1-2H3;1H/q+1;/p-1. The molecular weight excluding hydrogens is 394 g/mol. The molecular formula is C21H26BrNO3. The minimum Gasteiger partial charge on any atom is -1.00 e. The Morgan fingerprint density at radius 1 is 1.12 bits per heavy atom. The zero-order valence-electron chi connectivity index (χ0n) is 15.3. The Kier molecular flexibility index (Phi) is 6.61. The van der Waals surface area contributed by atoms with E-state index in [-0.39, 0.29) is 23.1 Å². The van der Waals surface area contributed by atoms with Crippen LogP contribution in [-0.4, -0.2) is 48.3 Å². The van der Waals surface area contributed by atoms with Gasteiger partial charge in [-0.25, -0.2) is 4.79 Å². The van der Waals surface area contributed by atoms with Crippen LogP contribution in [-0.2, 0) is 15.1 Å². The fourth-order valence-corrected chi connectivity index (χ4v) is 3.51. The summed E-state index contributed by atoms with van der Waals surface area (Å²) in [7, 11) is 2.18. The summed E-state index contributed by atoms with van der Waals surface area (Å²) in [6, 6.07) is 18.0. The number of likely N-dealkylation sites (tertiary alicyclic amines) is 1. The Labute approximate surface area is 165 Å². The largest absolute Gasteiger partial charge is 1.00 e. The van der Waals surface area contributed by atoms with Crippen LogP contribution in [0, 0.1) is 0 Å². The van der Waals surface area contributed by atoms with Gasteiger partial charge in [0.2, 0.25) is 5.60 Å². The van der Waals surface area contributed by atoms with E-state index in [2.05, 4.69) is 14.0 Å². The number of ether oxygens (including phenoxy) is 1. The average molecular weight is 420 g/mol. The van der Waals surface area contributed by atoms with Crippen LogP contribution in [0.2, 0.25) is 0 Å². The molecule has 2 aromatic rings. The number of carbonyl (C=O) groups excluding carboxylic acids is 1. The first-order valence-corrected chi connectivity index (χ1v) is 8.86. The van der Waals surface area contributed by atoms with Crippen molar-refractivity contribution in [3.8, 4) is 0 Å². The maximum atomic E-state index is 13.0. The van der Waals surface area contributed by atoms with Gasteiger partial charge in [-0.2, -0.15) is 0 Å². The van der Waals surface area contributed by atoms with Crippen LogP contribution in [0.25, 0.3) is 0 Å².